The zero-order chi connectivity index (χ0) is 28.9. The first-order valence-corrected chi connectivity index (χ1v) is 15.9. The first-order valence-electron chi connectivity index (χ1n) is 13.6. The lowest BCUT2D eigenvalue weighted by Crippen LogP contribution is -2.54. The number of anilines is 1. The number of rotatable bonds is 11. The van der Waals surface area contributed by atoms with Gasteiger partial charge in [-0.3, -0.25) is 13.9 Å². The molecule has 0 bridgehead atoms. The average molecular weight is 613 g/mol. The molecule has 40 heavy (non-hydrogen) atoms. The summed E-state index contributed by atoms with van der Waals surface area (Å²) < 4.78 is 38.3. The van der Waals surface area contributed by atoms with Gasteiger partial charge in [-0.25, -0.2) is 8.42 Å². The molecular weight excluding hydrogens is 577 g/mol. The second-order valence-corrected chi connectivity index (χ2v) is 12.9. The third kappa shape index (κ3) is 6.95. The molecule has 9 nitrogen and oxygen atoms in total. The number of ether oxygens (including phenoxy) is 2. The van der Waals surface area contributed by atoms with Gasteiger partial charge in [-0.2, -0.15) is 0 Å². The summed E-state index contributed by atoms with van der Waals surface area (Å²) in [5.41, 5.74) is 0.742. The van der Waals surface area contributed by atoms with Crippen molar-refractivity contribution < 1.29 is 27.5 Å². The van der Waals surface area contributed by atoms with Gasteiger partial charge in [0.1, 0.15) is 12.6 Å². The van der Waals surface area contributed by atoms with Gasteiger partial charge < -0.3 is 19.7 Å². The summed E-state index contributed by atoms with van der Waals surface area (Å²) in [4.78, 5) is 29.0. The number of nitrogens with zero attached hydrogens (tertiary/aromatic N) is 2. The average Bonchev–Trinajstić information content (AvgIpc) is 3.41. The van der Waals surface area contributed by atoms with Crippen LogP contribution >= 0.6 is 23.2 Å². The molecule has 2 aromatic carbocycles. The molecule has 0 aromatic heterocycles. The van der Waals surface area contributed by atoms with Crippen LogP contribution in [-0.4, -0.2) is 56.3 Å². The number of carbonyl (C=O) groups is 2. The van der Waals surface area contributed by atoms with Crippen molar-refractivity contribution in [3.05, 3.63) is 52.0 Å². The third-order valence-corrected chi connectivity index (χ3v) is 9.80. The summed E-state index contributed by atoms with van der Waals surface area (Å²) in [6.07, 6.45) is 5.31. The topological polar surface area (TPSA) is 105 Å². The fourth-order valence-corrected chi connectivity index (χ4v) is 6.65. The van der Waals surface area contributed by atoms with Crippen LogP contribution in [0.3, 0.4) is 0 Å². The van der Waals surface area contributed by atoms with E-state index < -0.39 is 28.5 Å². The lowest BCUT2D eigenvalue weighted by atomic mass is 9.95. The molecule has 0 saturated heterocycles. The maximum absolute atomic E-state index is 14.0. The van der Waals surface area contributed by atoms with Crippen LogP contribution < -0.4 is 19.1 Å². The van der Waals surface area contributed by atoms with Crippen molar-refractivity contribution in [2.45, 2.75) is 71.0 Å². The standard InChI is InChI=1S/C28H35Cl2N3O6S/c1-3-24(28(35)31-19-9-6-5-7-10-19)32(16-21-22(29)11-8-12-23(21)30)27(34)17-33(40(36,37)4-2)20-13-14-25-26(15-20)39-18-38-25/h8,11-15,19,24H,3-7,9-10,16-18H2,1-2H3,(H,31,35)/t24-/m0/s1. The maximum Gasteiger partial charge on any atom is 0.244 e. The highest BCUT2D eigenvalue weighted by molar-refractivity contribution is 7.92. The van der Waals surface area contributed by atoms with Gasteiger partial charge in [0.15, 0.2) is 11.5 Å². The monoisotopic (exact) mass is 611 g/mol. The predicted molar refractivity (Wildman–Crippen MR) is 155 cm³/mol. The van der Waals surface area contributed by atoms with Crippen molar-refractivity contribution in [2.24, 2.45) is 0 Å². The fraction of sp³-hybridized carbons (Fsp3) is 0.500. The molecule has 1 fully saturated rings. The van der Waals surface area contributed by atoms with E-state index in [-0.39, 0.29) is 36.7 Å². The smallest absolute Gasteiger partial charge is 0.244 e. The minimum absolute atomic E-state index is 0.0267. The summed E-state index contributed by atoms with van der Waals surface area (Å²) in [6, 6.07) is 8.91. The molecule has 0 radical (unpaired) electrons. The lowest BCUT2D eigenvalue weighted by molar-refractivity contribution is -0.140. The number of carbonyl (C=O) groups excluding carboxylic acids is 2. The Hall–Kier alpha value is -2.69. The minimum atomic E-state index is -3.89. The molecular formula is C28H35Cl2N3O6S. The number of nitrogens with one attached hydrogen (secondary N) is 1. The molecule has 0 spiro atoms. The molecule has 0 unspecified atom stereocenters. The predicted octanol–water partition coefficient (Wildman–Crippen LogP) is 5.13. The van der Waals surface area contributed by atoms with Gasteiger partial charge in [0.2, 0.25) is 28.6 Å². The minimum Gasteiger partial charge on any atom is -0.454 e. The number of hydrogen-bond acceptors (Lipinski definition) is 6. The van der Waals surface area contributed by atoms with Gasteiger partial charge in [0, 0.05) is 34.3 Å². The Balaban J connectivity index is 1.67. The first-order chi connectivity index (χ1) is 19.1. The van der Waals surface area contributed by atoms with Gasteiger partial charge in [0.05, 0.1) is 11.4 Å². The Morgan fingerprint density at radius 2 is 1.70 bits per heavy atom. The molecule has 1 saturated carbocycles. The van der Waals surface area contributed by atoms with Crippen LogP contribution in [0, 0.1) is 0 Å². The van der Waals surface area contributed by atoms with E-state index in [9.17, 15) is 18.0 Å². The Labute approximate surface area is 245 Å². The van der Waals surface area contributed by atoms with Crippen molar-refractivity contribution in [3.8, 4) is 11.5 Å². The Bertz CT molecular complexity index is 1310. The molecule has 1 heterocycles. The quantitative estimate of drug-likeness (QED) is 0.377. The summed E-state index contributed by atoms with van der Waals surface area (Å²) in [5.74, 6) is -0.191. The molecule has 2 amide bonds. The summed E-state index contributed by atoms with van der Waals surface area (Å²) >= 11 is 12.9. The SMILES string of the molecule is CC[C@@H](C(=O)NC1CCCCC1)N(Cc1c(Cl)cccc1Cl)C(=O)CN(c1ccc2c(c1)OCO2)S(=O)(=O)CC. The van der Waals surface area contributed by atoms with Gasteiger partial charge in [-0.05, 0) is 50.5 Å². The number of sulfonamides is 1. The van der Waals surface area contributed by atoms with Crippen LogP contribution in [0.15, 0.2) is 36.4 Å². The van der Waals surface area contributed by atoms with E-state index in [4.69, 9.17) is 32.7 Å². The van der Waals surface area contributed by atoms with Crippen molar-refractivity contribution >= 4 is 50.7 Å². The second-order valence-electron chi connectivity index (χ2n) is 9.93. The number of benzene rings is 2. The summed E-state index contributed by atoms with van der Waals surface area (Å²) in [6.45, 7) is 2.77. The molecule has 1 aliphatic carbocycles. The Kier molecular flexibility index (Phi) is 10.1. The van der Waals surface area contributed by atoms with Crippen molar-refractivity contribution in [3.63, 3.8) is 0 Å². The van der Waals surface area contributed by atoms with Crippen LogP contribution in [0.25, 0.3) is 0 Å². The molecule has 4 rings (SSSR count). The molecule has 1 N–H and O–H groups in total. The van der Waals surface area contributed by atoms with Crippen LogP contribution in [0.4, 0.5) is 5.69 Å². The van der Waals surface area contributed by atoms with Crippen molar-refractivity contribution in [1.29, 1.82) is 0 Å². The van der Waals surface area contributed by atoms with Crippen molar-refractivity contribution in [1.82, 2.24) is 10.2 Å². The normalized spacial score (nSPS) is 15.9. The molecule has 2 aliphatic rings. The van der Waals surface area contributed by atoms with Gasteiger partial charge in [0.25, 0.3) is 0 Å². The van der Waals surface area contributed by atoms with E-state index >= 15 is 0 Å². The summed E-state index contributed by atoms with van der Waals surface area (Å²) in [7, 11) is -3.89. The zero-order valence-electron chi connectivity index (χ0n) is 22.7. The van der Waals surface area contributed by atoms with E-state index in [0.29, 0.717) is 33.5 Å². The third-order valence-electron chi connectivity index (χ3n) is 7.35. The zero-order valence-corrected chi connectivity index (χ0v) is 25.0. The van der Waals surface area contributed by atoms with Crippen molar-refractivity contribution in [2.75, 3.05) is 23.4 Å². The largest absolute Gasteiger partial charge is 0.454 e. The second kappa shape index (κ2) is 13.3. The van der Waals surface area contributed by atoms with E-state index in [2.05, 4.69) is 5.32 Å². The number of fused-ring (bicyclic) bond motifs is 1. The maximum atomic E-state index is 14.0. The van der Waals surface area contributed by atoms with Crippen LogP contribution in [-0.2, 0) is 26.2 Å². The molecule has 1 atom stereocenters. The van der Waals surface area contributed by atoms with E-state index in [1.807, 2.05) is 6.92 Å². The first kappa shape index (κ1) is 30.3. The van der Waals surface area contributed by atoms with Gasteiger partial charge in [-0.15, -0.1) is 0 Å². The van der Waals surface area contributed by atoms with Crippen LogP contribution in [0.1, 0.15) is 57.9 Å². The van der Waals surface area contributed by atoms with E-state index in [1.54, 1.807) is 30.3 Å². The van der Waals surface area contributed by atoms with Crippen LogP contribution in [0.2, 0.25) is 10.0 Å². The number of hydrogen-bond donors (Lipinski definition) is 1. The molecule has 218 valence electrons. The Morgan fingerprint density at radius 1 is 1.02 bits per heavy atom. The lowest BCUT2D eigenvalue weighted by Gasteiger charge is -2.34. The van der Waals surface area contributed by atoms with Gasteiger partial charge in [-0.1, -0.05) is 55.5 Å². The summed E-state index contributed by atoms with van der Waals surface area (Å²) in [5, 5.41) is 3.81. The fourth-order valence-electron chi connectivity index (χ4n) is 5.08. The number of halogens is 2. The molecule has 1 aliphatic heterocycles. The highest BCUT2D eigenvalue weighted by Crippen LogP contribution is 2.36. The van der Waals surface area contributed by atoms with Crippen LogP contribution in [0.5, 0.6) is 11.5 Å². The highest BCUT2D eigenvalue weighted by atomic mass is 35.5. The van der Waals surface area contributed by atoms with E-state index in [0.717, 1.165) is 36.4 Å². The van der Waals surface area contributed by atoms with Gasteiger partial charge >= 0.3 is 0 Å². The highest BCUT2D eigenvalue weighted by Gasteiger charge is 2.34. The molecule has 2 aromatic rings. The number of amides is 2. The van der Waals surface area contributed by atoms with E-state index in [1.165, 1.54) is 17.9 Å². The molecule has 12 heteroatoms. The Morgan fingerprint density at radius 3 is 2.35 bits per heavy atom.